The Hall–Kier alpha value is -4.42. The van der Waals surface area contributed by atoms with Crippen molar-refractivity contribution in [3.63, 3.8) is 0 Å². The number of benzene rings is 4. The maximum absolute atomic E-state index is 12.9. The number of nitrogens with one attached hydrogen (secondary N) is 1. The van der Waals surface area contributed by atoms with Crippen LogP contribution in [-0.4, -0.2) is 36.6 Å². The molecule has 38 heavy (non-hydrogen) atoms. The molecule has 0 spiro atoms. The lowest BCUT2D eigenvalue weighted by atomic mass is 10.0. The highest BCUT2D eigenvalue weighted by Crippen LogP contribution is 2.33. The highest BCUT2D eigenvalue weighted by Gasteiger charge is 2.15. The number of rotatable bonds is 8. The molecule has 0 aliphatic heterocycles. The second-order valence-electron chi connectivity index (χ2n) is 8.68. The van der Waals surface area contributed by atoms with E-state index in [4.69, 9.17) is 31.0 Å². The fourth-order valence-corrected chi connectivity index (χ4v) is 4.44. The monoisotopic (exact) mass is 523 g/mol. The molecule has 1 aromatic heterocycles. The van der Waals surface area contributed by atoms with Gasteiger partial charge in [-0.05, 0) is 84.8 Å². The van der Waals surface area contributed by atoms with E-state index in [0.717, 1.165) is 33.9 Å². The van der Waals surface area contributed by atoms with Gasteiger partial charge >= 0.3 is 0 Å². The van der Waals surface area contributed by atoms with Gasteiger partial charge in [0.2, 0.25) is 0 Å². The summed E-state index contributed by atoms with van der Waals surface area (Å²) in [4.78, 5) is 22.8. The first-order valence-corrected chi connectivity index (χ1v) is 12.6. The molecule has 6 nitrogen and oxygen atoms in total. The highest BCUT2D eigenvalue weighted by atomic mass is 35.5. The van der Waals surface area contributed by atoms with Crippen molar-refractivity contribution in [3.05, 3.63) is 107 Å². The highest BCUT2D eigenvalue weighted by molar-refractivity contribution is 6.31. The molecule has 1 heterocycles. The van der Waals surface area contributed by atoms with E-state index in [1.807, 2.05) is 78.9 Å². The zero-order chi connectivity index (χ0) is 26.5. The van der Waals surface area contributed by atoms with Gasteiger partial charge in [-0.15, -0.1) is 0 Å². The lowest BCUT2D eigenvalue weighted by molar-refractivity contribution is 0.0954. The number of halogens is 1. The van der Waals surface area contributed by atoms with Crippen LogP contribution in [0.1, 0.15) is 15.9 Å². The summed E-state index contributed by atoms with van der Waals surface area (Å²) in [5.41, 5.74) is 6.09. The number of aromatic nitrogens is 2. The van der Waals surface area contributed by atoms with Crippen LogP contribution in [0.25, 0.3) is 33.5 Å². The van der Waals surface area contributed by atoms with E-state index >= 15 is 0 Å². The van der Waals surface area contributed by atoms with Gasteiger partial charge in [0, 0.05) is 28.3 Å². The largest absolute Gasteiger partial charge is 0.497 e. The van der Waals surface area contributed by atoms with Gasteiger partial charge in [-0.2, -0.15) is 0 Å². The van der Waals surface area contributed by atoms with Gasteiger partial charge in [0.25, 0.3) is 5.91 Å². The zero-order valence-corrected chi connectivity index (χ0v) is 21.8. The summed E-state index contributed by atoms with van der Waals surface area (Å²) < 4.78 is 10.6. The van der Waals surface area contributed by atoms with Gasteiger partial charge in [-0.25, -0.2) is 9.97 Å². The molecule has 0 atom stereocenters. The fourth-order valence-electron chi connectivity index (χ4n) is 4.21. The van der Waals surface area contributed by atoms with Crippen LogP contribution < -0.4 is 14.8 Å². The number of hydrogen-bond acceptors (Lipinski definition) is 5. The zero-order valence-electron chi connectivity index (χ0n) is 21.1. The first kappa shape index (κ1) is 25.2. The summed E-state index contributed by atoms with van der Waals surface area (Å²) in [6, 6.07) is 28.4. The van der Waals surface area contributed by atoms with Gasteiger partial charge < -0.3 is 14.8 Å². The molecule has 0 fully saturated rings. The van der Waals surface area contributed by atoms with E-state index in [1.54, 1.807) is 26.4 Å². The summed E-state index contributed by atoms with van der Waals surface area (Å²) in [5.74, 6) is 1.34. The molecule has 1 N–H and O–H groups in total. The Morgan fingerprint density at radius 2 is 1.34 bits per heavy atom. The van der Waals surface area contributed by atoms with Crippen molar-refractivity contribution in [3.8, 4) is 34.0 Å². The van der Waals surface area contributed by atoms with E-state index in [-0.39, 0.29) is 5.91 Å². The standard InChI is InChI=1S/C31H26ClN3O3/c1-37-24-12-7-21(8-13-24)29-30(22-9-14-25(38-2)15-10-22)35-28-19-23(11-16-27(28)34-29)31(36)33-18-17-20-5-3-4-6-26(20)32/h3-16,19H,17-18H2,1-2H3,(H,33,36). The molecule has 0 saturated heterocycles. The van der Waals surface area contributed by atoms with Crippen LogP contribution in [0.15, 0.2) is 91.0 Å². The fraction of sp³-hybridized carbons (Fsp3) is 0.129. The number of carbonyl (C=O) groups is 1. The summed E-state index contributed by atoms with van der Waals surface area (Å²) >= 11 is 6.24. The third kappa shape index (κ3) is 5.45. The Bertz CT molecular complexity index is 1590. The number of methoxy groups -OCH3 is 2. The van der Waals surface area contributed by atoms with Crippen molar-refractivity contribution in [2.24, 2.45) is 0 Å². The Kier molecular flexibility index (Phi) is 7.52. The molecule has 0 radical (unpaired) electrons. The van der Waals surface area contributed by atoms with Gasteiger partial charge in [0.1, 0.15) is 11.5 Å². The average molecular weight is 524 g/mol. The predicted octanol–water partition coefficient (Wildman–Crippen LogP) is 6.61. The third-order valence-electron chi connectivity index (χ3n) is 6.29. The molecule has 190 valence electrons. The minimum absolute atomic E-state index is 0.175. The van der Waals surface area contributed by atoms with E-state index in [1.165, 1.54) is 0 Å². The molecule has 1 amide bonds. The number of nitrogens with zero attached hydrogens (tertiary/aromatic N) is 2. The SMILES string of the molecule is COc1ccc(-c2nc3ccc(C(=O)NCCc4ccccc4Cl)cc3nc2-c2ccc(OC)cc2)cc1. The quantitative estimate of drug-likeness (QED) is 0.248. The molecular formula is C31H26ClN3O3. The van der Waals surface area contributed by atoms with Crippen LogP contribution in [0.4, 0.5) is 0 Å². The molecule has 7 heteroatoms. The number of amides is 1. The third-order valence-corrected chi connectivity index (χ3v) is 6.66. The first-order valence-electron chi connectivity index (χ1n) is 12.2. The minimum atomic E-state index is -0.175. The smallest absolute Gasteiger partial charge is 0.251 e. The predicted molar refractivity (Wildman–Crippen MR) is 151 cm³/mol. The maximum atomic E-state index is 12.9. The lowest BCUT2D eigenvalue weighted by Gasteiger charge is -2.12. The topological polar surface area (TPSA) is 73.3 Å². The van der Waals surface area contributed by atoms with Gasteiger partial charge in [-0.1, -0.05) is 29.8 Å². The summed E-state index contributed by atoms with van der Waals surface area (Å²) in [6.07, 6.45) is 0.644. The molecule has 0 aliphatic rings. The van der Waals surface area contributed by atoms with Crippen molar-refractivity contribution < 1.29 is 14.3 Å². The lowest BCUT2D eigenvalue weighted by Crippen LogP contribution is -2.25. The van der Waals surface area contributed by atoms with Gasteiger partial charge in [0.15, 0.2) is 0 Å². The van der Waals surface area contributed by atoms with Crippen LogP contribution in [0, 0.1) is 0 Å². The summed E-state index contributed by atoms with van der Waals surface area (Å²) in [7, 11) is 3.27. The molecule has 4 aromatic carbocycles. The molecule has 5 aromatic rings. The summed E-state index contributed by atoms with van der Waals surface area (Å²) in [6.45, 7) is 0.472. The summed E-state index contributed by atoms with van der Waals surface area (Å²) in [5, 5.41) is 3.67. The van der Waals surface area contributed by atoms with Crippen molar-refractivity contribution in [2.45, 2.75) is 6.42 Å². The van der Waals surface area contributed by atoms with Gasteiger partial charge in [-0.3, -0.25) is 4.79 Å². The Morgan fingerprint density at radius 1 is 0.763 bits per heavy atom. The minimum Gasteiger partial charge on any atom is -0.497 e. The van der Waals surface area contributed by atoms with E-state index in [0.29, 0.717) is 40.3 Å². The Labute approximate surface area is 226 Å². The van der Waals surface area contributed by atoms with Crippen LogP contribution in [0.2, 0.25) is 5.02 Å². The van der Waals surface area contributed by atoms with E-state index < -0.39 is 0 Å². The molecular weight excluding hydrogens is 498 g/mol. The maximum Gasteiger partial charge on any atom is 0.251 e. The van der Waals surface area contributed by atoms with E-state index in [9.17, 15) is 4.79 Å². The average Bonchev–Trinajstić information content (AvgIpc) is 2.97. The normalized spacial score (nSPS) is 10.8. The number of hydrogen-bond donors (Lipinski definition) is 1. The first-order chi connectivity index (χ1) is 18.6. The van der Waals surface area contributed by atoms with E-state index in [2.05, 4.69) is 5.32 Å². The van der Waals surface area contributed by atoms with Gasteiger partial charge in [0.05, 0.1) is 36.6 Å². The number of carbonyl (C=O) groups excluding carboxylic acids is 1. The Balaban J connectivity index is 1.48. The van der Waals surface area contributed by atoms with Crippen molar-refractivity contribution >= 4 is 28.5 Å². The Morgan fingerprint density at radius 3 is 1.92 bits per heavy atom. The van der Waals surface area contributed by atoms with Crippen molar-refractivity contribution in [1.82, 2.24) is 15.3 Å². The number of fused-ring (bicyclic) bond motifs is 1. The molecule has 5 rings (SSSR count). The molecule has 0 aliphatic carbocycles. The second kappa shape index (κ2) is 11.3. The molecule has 0 unspecified atom stereocenters. The van der Waals surface area contributed by atoms with Crippen LogP contribution in [0.3, 0.4) is 0 Å². The van der Waals surface area contributed by atoms with Crippen molar-refractivity contribution in [1.29, 1.82) is 0 Å². The molecule has 0 bridgehead atoms. The van der Waals surface area contributed by atoms with Crippen LogP contribution in [0.5, 0.6) is 11.5 Å². The van der Waals surface area contributed by atoms with Crippen molar-refractivity contribution in [2.75, 3.05) is 20.8 Å². The molecule has 0 saturated carbocycles. The van der Waals surface area contributed by atoms with Crippen LogP contribution in [-0.2, 0) is 6.42 Å². The van der Waals surface area contributed by atoms with Crippen LogP contribution >= 0.6 is 11.6 Å². The second-order valence-corrected chi connectivity index (χ2v) is 9.09. The number of ether oxygens (including phenoxy) is 2.